The standard InChI is InChI=1S/C9H10N4O4S/c10-12-8(16)9-11-5(4-18-9)1-13-6(14)2-17-3-7(13)15/h4H,1-3,10H2,(H,12,16). The van der Waals surface area contributed by atoms with Crippen molar-refractivity contribution in [3.63, 3.8) is 0 Å². The van der Waals surface area contributed by atoms with Crippen molar-refractivity contribution >= 4 is 29.1 Å². The number of carbonyl (C=O) groups is 3. The van der Waals surface area contributed by atoms with Crippen molar-refractivity contribution in [1.29, 1.82) is 0 Å². The Labute approximate surface area is 106 Å². The molecular formula is C9H10N4O4S. The Hall–Kier alpha value is -1.84. The summed E-state index contributed by atoms with van der Waals surface area (Å²) in [6.45, 7) is -0.201. The van der Waals surface area contributed by atoms with Crippen molar-refractivity contribution in [2.45, 2.75) is 6.54 Å². The van der Waals surface area contributed by atoms with Gasteiger partial charge in [0, 0.05) is 5.38 Å². The minimum atomic E-state index is -0.508. The number of nitrogens with two attached hydrogens (primary N) is 1. The third-order valence-electron chi connectivity index (χ3n) is 2.25. The van der Waals surface area contributed by atoms with Gasteiger partial charge in [-0.2, -0.15) is 0 Å². The first-order valence-electron chi connectivity index (χ1n) is 4.98. The highest BCUT2D eigenvalue weighted by atomic mass is 32.1. The molecule has 18 heavy (non-hydrogen) atoms. The van der Waals surface area contributed by atoms with E-state index in [4.69, 9.17) is 10.6 Å². The lowest BCUT2D eigenvalue weighted by Crippen LogP contribution is -2.45. The van der Waals surface area contributed by atoms with E-state index in [1.165, 1.54) is 0 Å². The Bertz CT molecular complexity index is 485. The normalized spacial score (nSPS) is 15.9. The van der Waals surface area contributed by atoms with Crippen LogP contribution >= 0.6 is 11.3 Å². The van der Waals surface area contributed by atoms with E-state index in [0.717, 1.165) is 16.2 Å². The zero-order valence-corrected chi connectivity index (χ0v) is 10.0. The summed E-state index contributed by atoms with van der Waals surface area (Å²) < 4.78 is 4.78. The molecule has 1 aliphatic heterocycles. The van der Waals surface area contributed by atoms with Crippen LogP contribution in [0.4, 0.5) is 0 Å². The SMILES string of the molecule is NNC(=O)c1nc(CN2C(=O)COCC2=O)cs1. The van der Waals surface area contributed by atoms with Crippen molar-refractivity contribution in [3.8, 4) is 0 Å². The van der Waals surface area contributed by atoms with Crippen LogP contribution in [-0.4, -0.2) is 40.8 Å². The minimum Gasteiger partial charge on any atom is -0.362 e. The first kappa shape index (κ1) is 12.6. The summed E-state index contributed by atoms with van der Waals surface area (Å²) in [7, 11) is 0. The Balaban J connectivity index is 2.09. The Morgan fingerprint density at radius 3 is 2.78 bits per heavy atom. The Kier molecular flexibility index (Phi) is 3.65. The molecule has 9 heteroatoms. The highest BCUT2D eigenvalue weighted by Crippen LogP contribution is 2.13. The highest BCUT2D eigenvalue weighted by Gasteiger charge is 2.27. The molecule has 2 heterocycles. The van der Waals surface area contributed by atoms with Gasteiger partial charge in [-0.3, -0.25) is 24.7 Å². The number of morpholine rings is 1. The largest absolute Gasteiger partial charge is 0.362 e. The summed E-state index contributed by atoms with van der Waals surface area (Å²) in [5.41, 5.74) is 2.42. The van der Waals surface area contributed by atoms with Gasteiger partial charge in [0.1, 0.15) is 13.2 Å². The molecular weight excluding hydrogens is 260 g/mol. The van der Waals surface area contributed by atoms with Gasteiger partial charge in [-0.25, -0.2) is 10.8 Å². The molecule has 0 bridgehead atoms. The number of hydrogen-bond acceptors (Lipinski definition) is 7. The van der Waals surface area contributed by atoms with Crippen LogP contribution in [0, 0.1) is 0 Å². The topological polar surface area (TPSA) is 115 Å². The monoisotopic (exact) mass is 270 g/mol. The summed E-state index contributed by atoms with van der Waals surface area (Å²) in [6, 6.07) is 0. The molecule has 0 atom stereocenters. The van der Waals surface area contributed by atoms with Crippen molar-refractivity contribution in [2.75, 3.05) is 13.2 Å². The molecule has 1 saturated heterocycles. The molecule has 0 saturated carbocycles. The molecule has 96 valence electrons. The Morgan fingerprint density at radius 1 is 1.50 bits per heavy atom. The molecule has 3 amide bonds. The molecule has 1 fully saturated rings. The van der Waals surface area contributed by atoms with Crippen LogP contribution in [0.3, 0.4) is 0 Å². The molecule has 1 aliphatic rings. The van der Waals surface area contributed by atoms with Gasteiger partial charge in [0.05, 0.1) is 12.2 Å². The van der Waals surface area contributed by atoms with Crippen LogP contribution in [0.2, 0.25) is 0 Å². The molecule has 2 rings (SSSR count). The van der Waals surface area contributed by atoms with E-state index in [1.807, 2.05) is 5.43 Å². The molecule has 0 unspecified atom stereocenters. The van der Waals surface area contributed by atoms with E-state index >= 15 is 0 Å². The number of nitrogens with zero attached hydrogens (tertiary/aromatic N) is 2. The smallest absolute Gasteiger partial charge is 0.294 e. The number of aromatic nitrogens is 1. The number of thiazole rings is 1. The molecule has 1 aromatic rings. The third-order valence-corrected chi connectivity index (χ3v) is 3.14. The van der Waals surface area contributed by atoms with Crippen molar-refractivity contribution < 1.29 is 19.1 Å². The van der Waals surface area contributed by atoms with Crippen LogP contribution in [0.5, 0.6) is 0 Å². The highest BCUT2D eigenvalue weighted by molar-refractivity contribution is 7.11. The van der Waals surface area contributed by atoms with Crippen LogP contribution < -0.4 is 11.3 Å². The number of hydrazine groups is 1. The summed E-state index contributed by atoms with van der Waals surface area (Å²) >= 11 is 1.09. The predicted molar refractivity (Wildman–Crippen MR) is 60.1 cm³/mol. The molecule has 0 aliphatic carbocycles. The van der Waals surface area contributed by atoms with Crippen molar-refractivity contribution in [1.82, 2.24) is 15.3 Å². The molecule has 1 aromatic heterocycles. The molecule has 0 aromatic carbocycles. The van der Waals surface area contributed by atoms with Crippen LogP contribution in [-0.2, 0) is 20.9 Å². The summed E-state index contributed by atoms with van der Waals surface area (Å²) in [6.07, 6.45) is 0. The second kappa shape index (κ2) is 5.21. The number of nitrogen functional groups attached to an aromatic ring is 1. The number of carbonyl (C=O) groups excluding carboxylic acids is 3. The average Bonchev–Trinajstić information content (AvgIpc) is 2.81. The maximum atomic E-state index is 11.5. The van der Waals surface area contributed by atoms with Gasteiger partial charge in [-0.1, -0.05) is 0 Å². The van der Waals surface area contributed by atoms with Gasteiger partial charge < -0.3 is 4.74 Å². The summed E-state index contributed by atoms with van der Waals surface area (Å²) in [4.78, 5) is 39.2. The van der Waals surface area contributed by atoms with E-state index in [1.54, 1.807) is 5.38 Å². The van der Waals surface area contributed by atoms with E-state index in [9.17, 15) is 14.4 Å². The zero-order valence-electron chi connectivity index (χ0n) is 9.21. The van der Waals surface area contributed by atoms with Crippen LogP contribution in [0.25, 0.3) is 0 Å². The fraction of sp³-hybridized carbons (Fsp3) is 0.333. The van der Waals surface area contributed by atoms with Gasteiger partial charge in [0.25, 0.3) is 17.7 Å². The lowest BCUT2D eigenvalue weighted by Gasteiger charge is -2.23. The molecule has 0 radical (unpaired) electrons. The fourth-order valence-corrected chi connectivity index (χ4v) is 2.12. The van der Waals surface area contributed by atoms with Crippen molar-refractivity contribution in [3.05, 3.63) is 16.1 Å². The lowest BCUT2D eigenvalue weighted by atomic mass is 10.3. The summed E-state index contributed by atoms with van der Waals surface area (Å²) in [5.74, 6) is 3.64. The molecule has 0 spiro atoms. The maximum absolute atomic E-state index is 11.5. The fourth-order valence-electron chi connectivity index (χ4n) is 1.40. The second-order valence-electron chi connectivity index (χ2n) is 3.48. The minimum absolute atomic E-state index is 0.0371. The zero-order chi connectivity index (χ0) is 13.1. The number of ether oxygens (including phenoxy) is 1. The van der Waals surface area contributed by atoms with Crippen molar-refractivity contribution in [2.24, 2.45) is 5.84 Å². The second-order valence-corrected chi connectivity index (χ2v) is 4.34. The maximum Gasteiger partial charge on any atom is 0.294 e. The van der Waals surface area contributed by atoms with E-state index in [-0.39, 0.29) is 24.8 Å². The first-order chi connectivity index (χ1) is 8.61. The third kappa shape index (κ3) is 2.53. The summed E-state index contributed by atoms with van der Waals surface area (Å²) in [5, 5.41) is 1.78. The molecule has 3 N–H and O–H groups in total. The predicted octanol–water partition coefficient (Wildman–Crippen LogP) is -1.37. The van der Waals surface area contributed by atoms with Gasteiger partial charge >= 0.3 is 0 Å². The van der Waals surface area contributed by atoms with Crippen LogP contribution in [0.1, 0.15) is 15.5 Å². The van der Waals surface area contributed by atoms with E-state index in [0.29, 0.717) is 5.69 Å². The average molecular weight is 270 g/mol. The lowest BCUT2D eigenvalue weighted by molar-refractivity contribution is -0.159. The number of imide groups is 1. The van der Waals surface area contributed by atoms with Crippen LogP contribution in [0.15, 0.2) is 5.38 Å². The quantitative estimate of drug-likeness (QED) is 0.303. The van der Waals surface area contributed by atoms with E-state index < -0.39 is 17.7 Å². The number of hydrogen-bond donors (Lipinski definition) is 2. The number of nitrogens with one attached hydrogen (secondary N) is 1. The number of rotatable bonds is 3. The van der Waals surface area contributed by atoms with Gasteiger partial charge in [-0.05, 0) is 0 Å². The first-order valence-corrected chi connectivity index (χ1v) is 5.86. The van der Waals surface area contributed by atoms with Gasteiger partial charge in [-0.15, -0.1) is 11.3 Å². The van der Waals surface area contributed by atoms with Gasteiger partial charge in [0.15, 0.2) is 5.01 Å². The van der Waals surface area contributed by atoms with Gasteiger partial charge in [0.2, 0.25) is 0 Å². The number of amides is 3. The van der Waals surface area contributed by atoms with E-state index in [2.05, 4.69) is 4.98 Å². The molecule has 8 nitrogen and oxygen atoms in total. The Morgan fingerprint density at radius 2 is 2.17 bits per heavy atom.